The summed E-state index contributed by atoms with van der Waals surface area (Å²) in [6.45, 7) is 4.27. The smallest absolute Gasteiger partial charge is 0.258 e. The molecule has 0 saturated heterocycles. The number of nitrogens with zero attached hydrogens (tertiary/aromatic N) is 2. The number of nitrogens with one attached hydrogen (secondary N) is 2. The summed E-state index contributed by atoms with van der Waals surface area (Å²) in [7, 11) is 3.45. The van der Waals surface area contributed by atoms with Crippen LogP contribution < -0.4 is 16.2 Å². The normalized spacial score (nSPS) is 10.9. The summed E-state index contributed by atoms with van der Waals surface area (Å²) in [6, 6.07) is 6.82. The van der Waals surface area contributed by atoms with E-state index in [9.17, 15) is 9.18 Å². The number of pyridine rings is 2. The Balaban J connectivity index is 2.35. The van der Waals surface area contributed by atoms with Crippen molar-refractivity contribution in [3.05, 3.63) is 52.2 Å². The first-order valence-electron chi connectivity index (χ1n) is 8.19. The van der Waals surface area contributed by atoms with Crippen LogP contribution in [-0.2, 0) is 6.54 Å². The van der Waals surface area contributed by atoms with Gasteiger partial charge in [-0.2, -0.15) is 0 Å². The number of rotatable bonds is 4. The minimum Gasteiger partial charge on any atom is -0.386 e. The average Bonchev–Trinajstić information content (AvgIpc) is 2.61. The van der Waals surface area contributed by atoms with E-state index in [1.807, 2.05) is 19.1 Å². The topological polar surface area (TPSA) is 59.0 Å². The molecule has 2 heterocycles. The molecule has 0 bridgehead atoms. The van der Waals surface area contributed by atoms with Crippen LogP contribution in [0.2, 0.25) is 0 Å². The van der Waals surface area contributed by atoms with E-state index >= 15 is 0 Å². The van der Waals surface area contributed by atoms with Gasteiger partial charge in [0.15, 0.2) is 0 Å². The SMILES string of the molecule is CCn1c(=O)c(-c2cc(NC)c(F)cc2C)cc2cnc(NC)cc21. The van der Waals surface area contributed by atoms with Crippen molar-refractivity contribution in [3.63, 3.8) is 0 Å². The van der Waals surface area contributed by atoms with E-state index < -0.39 is 0 Å². The second-order valence-corrected chi connectivity index (χ2v) is 5.88. The largest absolute Gasteiger partial charge is 0.386 e. The fourth-order valence-electron chi connectivity index (χ4n) is 3.07. The molecule has 3 rings (SSSR count). The fourth-order valence-corrected chi connectivity index (χ4v) is 3.07. The first kappa shape index (κ1) is 17.0. The van der Waals surface area contributed by atoms with Gasteiger partial charge in [0.05, 0.1) is 11.2 Å². The van der Waals surface area contributed by atoms with Crippen LogP contribution >= 0.6 is 0 Å². The highest BCUT2D eigenvalue weighted by atomic mass is 19.1. The second-order valence-electron chi connectivity index (χ2n) is 5.88. The van der Waals surface area contributed by atoms with Crippen LogP contribution in [0.15, 0.2) is 35.3 Å². The third kappa shape index (κ3) is 2.84. The number of hydrogen-bond donors (Lipinski definition) is 2. The Morgan fingerprint density at radius 1 is 1.12 bits per heavy atom. The highest BCUT2D eigenvalue weighted by Gasteiger charge is 2.15. The first-order valence-corrected chi connectivity index (χ1v) is 8.19. The van der Waals surface area contributed by atoms with Crippen molar-refractivity contribution in [3.8, 4) is 11.1 Å². The molecule has 2 aromatic heterocycles. The summed E-state index contributed by atoms with van der Waals surface area (Å²) in [5.74, 6) is 0.373. The van der Waals surface area contributed by atoms with Crippen LogP contribution in [0.25, 0.3) is 22.0 Å². The molecule has 1 aromatic carbocycles. The van der Waals surface area contributed by atoms with Crippen molar-refractivity contribution in [2.45, 2.75) is 20.4 Å². The van der Waals surface area contributed by atoms with Gasteiger partial charge in [0.25, 0.3) is 5.56 Å². The van der Waals surface area contributed by atoms with Crippen molar-refractivity contribution in [1.82, 2.24) is 9.55 Å². The molecule has 25 heavy (non-hydrogen) atoms. The number of fused-ring (bicyclic) bond motifs is 1. The van der Waals surface area contributed by atoms with Crippen LogP contribution in [0.1, 0.15) is 12.5 Å². The molecule has 2 N–H and O–H groups in total. The molecule has 5 nitrogen and oxygen atoms in total. The maximum absolute atomic E-state index is 14.0. The molecule has 6 heteroatoms. The van der Waals surface area contributed by atoms with Crippen molar-refractivity contribution in [2.75, 3.05) is 24.7 Å². The van der Waals surface area contributed by atoms with Gasteiger partial charge in [0.1, 0.15) is 11.6 Å². The molecule has 130 valence electrons. The van der Waals surface area contributed by atoms with E-state index in [0.29, 0.717) is 23.6 Å². The van der Waals surface area contributed by atoms with Gasteiger partial charge in [-0.1, -0.05) is 0 Å². The third-order valence-corrected chi connectivity index (χ3v) is 4.42. The van der Waals surface area contributed by atoms with E-state index in [-0.39, 0.29) is 11.4 Å². The summed E-state index contributed by atoms with van der Waals surface area (Å²) < 4.78 is 15.7. The van der Waals surface area contributed by atoms with E-state index in [1.165, 1.54) is 6.07 Å². The lowest BCUT2D eigenvalue weighted by Crippen LogP contribution is -2.22. The molecule has 0 fully saturated rings. The van der Waals surface area contributed by atoms with E-state index in [1.54, 1.807) is 37.8 Å². The van der Waals surface area contributed by atoms with Gasteiger partial charge >= 0.3 is 0 Å². The van der Waals surface area contributed by atoms with E-state index in [2.05, 4.69) is 15.6 Å². The summed E-state index contributed by atoms with van der Waals surface area (Å²) in [5, 5.41) is 6.68. The quantitative estimate of drug-likeness (QED) is 0.762. The molecule has 0 unspecified atom stereocenters. The van der Waals surface area contributed by atoms with Crippen LogP contribution in [0.5, 0.6) is 0 Å². The predicted molar refractivity (Wildman–Crippen MR) is 101 cm³/mol. The number of aryl methyl sites for hydroxylation is 2. The van der Waals surface area contributed by atoms with Gasteiger partial charge in [-0.25, -0.2) is 9.37 Å². The standard InChI is InChI=1S/C19H21FN4O/c1-5-24-17-9-18(22-4)23-10-12(17)7-14(19(24)25)13-8-16(21-3)15(20)6-11(13)2/h6-10,21H,5H2,1-4H3,(H,22,23). The molecule has 0 aliphatic heterocycles. The Hall–Kier alpha value is -2.89. The number of halogens is 1. The number of anilines is 2. The van der Waals surface area contributed by atoms with Crippen molar-refractivity contribution >= 4 is 22.4 Å². The van der Waals surface area contributed by atoms with Gasteiger partial charge in [-0.3, -0.25) is 4.79 Å². The summed E-state index contributed by atoms with van der Waals surface area (Å²) in [5.41, 5.74) is 3.08. The Labute approximate surface area is 145 Å². The minimum atomic E-state index is -0.333. The Morgan fingerprint density at radius 3 is 2.52 bits per heavy atom. The summed E-state index contributed by atoms with van der Waals surface area (Å²) in [6.07, 6.45) is 1.74. The van der Waals surface area contributed by atoms with Crippen LogP contribution in [0.3, 0.4) is 0 Å². The predicted octanol–water partition coefficient (Wildman–Crippen LogP) is 3.61. The minimum absolute atomic E-state index is 0.0972. The molecular weight excluding hydrogens is 319 g/mol. The molecule has 0 spiro atoms. The van der Waals surface area contributed by atoms with Gasteiger partial charge < -0.3 is 15.2 Å². The average molecular weight is 340 g/mol. The molecule has 3 aromatic rings. The molecule has 0 amide bonds. The lowest BCUT2D eigenvalue weighted by molar-refractivity contribution is 0.630. The van der Waals surface area contributed by atoms with Crippen molar-refractivity contribution < 1.29 is 4.39 Å². The third-order valence-electron chi connectivity index (χ3n) is 4.42. The van der Waals surface area contributed by atoms with Gasteiger partial charge in [0, 0.05) is 43.9 Å². The molecule has 0 radical (unpaired) electrons. The number of aromatic nitrogens is 2. The molecule has 0 atom stereocenters. The zero-order valence-corrected chi connectivity index (χ0v) is 14.8. The molecule has 0 saturated carbocycles. The first-order chi connectivity index (χ1) is 12.0. The van der Waals surface area contributed by atoms with Gasteiger partial charge in [-0.05, 0) is 43.2 Å². The van der Waals surface area contributed by atoms with Crippen LogP contribution in [0, 0.1) is 12.7 Å². The lowest BCUT2D eigenvalue weighted by atomic mass is 9.99. The van der Waals surface area contributed by atoms with Crippen molar-refractivity contribution in [1.29, 1.82) is 0 Å². The molecule has 0 aliphatic rings. The van der Waals surface area contributed by atoms with Gasteiger partial charge in [-0.15, -0.1) is 0 Å². The number of hydrogen-bond acceptors (Lipinski definition) is 4. The maximum atomic E-state index is 14.0. The zero-order valence-electron chi connectivity index (χ0n) is 14.8. The Kier molecular flexibility index (Phi) is 4.44. The summed E-state index contributed by atoms with van der Waals surface area (Å²) in [4.78, 5) is 17.4. The number of benzene rings is 1. The van der Waals surface area contributed by atoms with E-state index in [0.717, 1.165) is 22.0 Å². The van der Waals surface area contributed by atoms with E-state index in [4.69, 9.17) is 0 Å². The lowest BCUT2D eigenvalue weighted by Gasteiger charge is -2.15. The second kappa shape index (κ2) is 6.55. The Morgan fingerprint density at radius 2 is 1.88 bits per heavy atom. The highest BCUT2D eigenvalue weighted by Crippen LogP contribution is 2.29. The van der Waals surface area contributed by atoms with Crippen molar-refractivity contribution in [2.24, 2.45) is 0 Å². The Bertz CT molecular complexity index is 1010. The summed E-state index contributed by atoms with van der Waals surface area (Å²) >= 11 is 0. The fraction of sp³-hybridized carbons (Fsp3) is 0.263. The van der Waals surface area contributed by atoms with Crippen LogP contribution in [0.4, 0.5) is 15.9 Å². The maximum Gasteiger partial charge on any atom is 0.258 e. The highest BCUT2D eigenvalue weighted by molar-refractivity contribution is 5.86. The molecule has 0 aliphatic carbocycles. The van der Waals surface area contributed by atoms with Gasteiger partial charge in [0.2, 0.25) is 0 Å². The molecular formula is C19H21FN4O. The monoisotopic (exact) mass is 340 g/mol. The van der Waals surface area contributed by atoms with Crippen LogP contribution in [-0.4, -0.2) is 23.6 Å². The zero-order chi connectivity index (χ0) is 18.1.